The average Bonchev–Trinajstić information content (AvgIpc) is 3.39. The molecule has 0 unspecified atom stereocenters. The van der Waals surface area contributed by atoms with Crippen molar-refractivity contribution in [2.24, 2.45) is 0 Å². The topological polar surface area (TPSA) is 83.4 Å². The van der Waals surface area contributed by atoms with Gasteiger partial charge in [-0.1, -0.05) is 39.3 Å². The van der Waals surface area contributed by atoms with Crippen molar-refractivity contribution in [1.82, 2.24) is 14.9 Å². The fourth-order valence-electron chi connectivity index (χ4n) is 5.21. The molecule has 4 rings (SSSR count). The van der Waals surface area contributed by atoms with Crippen LogP contribution in [0.4, 0.5) is 0 Å². The Balaban J connectivity index is 1.45. The second-order valence-electron chi connectivity index (χ2n) is 11.1. The van der Waals surface area contributed by atoms with E-state index >= 15 is 0 Å². The zero-order valence-electron chi connectivity index (χ0n) is 23.0. The number of carbonyl (C=O) groups excluding carboxylic acids is 1. The summed E-state index contributed by atoms with van der Waals surface area (Å²) >= 11 is 9.74. The predicted molar refractivity (Wildman–Crippen MR) is 156 cm³/mol. The highest BCUT2D eigenvalue weighted by molar-refractivity contribution is 7.16. The van der Waals surface area contributed by atoms with Gasteiger partial charge in [-0.05, 0) is 67.3 Å². The van der Waals surface area contributed by atoms with Crippen molar-refractivity contribution in [3.05, 3.63) is 53.7 Å². The van der Waals surface area contributed by atoms with Crippen molar-refractivity contribution in [3.63, 3.8) is 0 Å². The van der Waals surface area contributed by atoms with Gasteiger partial charge < -0.3 is 10.0 Å². The molecule has 1 amide bonds. The number of carboxylic acids is 1. The van der Waals surface area contributed by atoms with Crippen LogP contribution in [0.2, 0.25) is 4.34 Å². The van der Waals surface area contributed by atoms with E-state index in [1.807, 2.05) is 11.8 Å². The van der Waals surface area contributed by atoms with Crippen LogP contribution in [0, 0.1) is 13.8 Å². The Morgan fingerprint density at radius 1 is 1.11 bits per heavy atom. The second-order valence-corrected chi connectivity index (χ2v) is 14.0. The fraction of sp³-hybridized carbons (Fsp3) is 0.517. The van der Waals surface area contributed by atoms with Gasteiger partial charge in [0.15, 0.2) is 0 Å². The smallest absolute Gasteiger partial charge is 0.309 e. The summed E-state index contributed by atoms with van der Waals surface area (Å²) in [5.41, 5.74) is 6.53. The van der Waals surface area contributed by atoms with E-state index in [-0.39, 0.29) is 30.1 Å². The molecule has 3 aromatic rings. The Kier molecular flexibility index (Phi) is 8.65. The van der Waals surface area contributed by atoms with Crippen LogP contribution in [0.15, 0.2) is 12.1 Å². The minimum Gasteiger partial charge on any atom is -0.481 e. The minimum atomic E-state index is -0.911. The third-order valence-corrected chi connectivity index (χ3v) is 9.76. The van der Waals surface area contributed by atoms with Crippen molar-refractivity contribution >= 4 is 46.2 Å². The maximum absolute atomic E-state index is 12.9. The van der Waals surface area contributed by atoms with E-state index in [0.29, 0.717) is 23.8 Å². The first-order valence-corrected chi connectivity index (χ1v) is 15.1. The molecule has 0 radical (unpaired) electrons. The highest BCUT2D eigenvalue weighted by Gasteiger charge is 2.28. The molecule has 1 N–H and O–H groups in total. The first-order chi connectivity index (χ1) is 17.9. The van der Waals surface area contributed by atoms with E-state index in [9.17, 15) is 9.59 Å². The lowest BCUT2D eigenvalue weighted by molar-refractivity contribution is -0.136. The zero-order valence-corrected chi connectivity index (χ0v) is 25.4. The maximum Gasteiger partial charge on any atom is 0.309 e. The van der Waals surface area contributed by atoms with Crippen LogP contribution in [0.25, 0.3) is 11.3 Å². The number of aryl methyl sites for hydroxylation is 2. The number of hydrogen-bond donors (Lipinski definition) is 1. The number of halogens is 1. The number of hydrogen-bond acceptors (Lipinski definition) is 6. The summed E-state index contributed by atoms with van der Waals surface area (Å²) in [5.74, 6) is -0.595. The average molecular weight is 574 g/mol. The molecule has 1 fully saturated rings. The first kappa shape index (κ1) is 28.7. The van der Waals surface area contributed by atoms with Gasteiger partial charge in [0, 0.05) is 29.4 Å². The number of thiazole rings is 2. The van der Waals surface area contributed by atoms with Gasteiger partial charge in [0.25, 0.3) is 0 Å². The van der Waals surface area contributed by atoms with Gasteiger partial charge in [-0.3, -0.25) is 9.59 Å². The molecule has 0 spiro atoms. The highest BCUT2D eigenvalue weighted by Crippen LogP contribution is 2.41. The number of piperidine rings is 1. The molecule has 0 atom stereocenters. The summed E-state index contributed by atoms with van der Waals surface area (Å²) in [6.07, 6.45) is 2.76. The fourth-order valence-corrected chi connectivity index (χ4v) is 7.53. The van der Waals surface area contributed by atoms with E-state index in [4.69, 9.17) is 21.7 Å². The maximum atomic E-state index is 12.9. The number of amides is 1. The van der Waals surface area contributed by atoms with E-state index < -0.39 is 5.97 Å². The van der Waals surface area contributed by atoms with E-state index in [1.54, 1.807) is 11.3 Å². The van der Waals surface area contributed by atoms with Crippen molar-refractivity contribution < 1.29 is 14.7 Å². The molecule has 1 aromatic carbocycles. The van der Waals surface area contributed by atoms with Crippen molar-refractivity contribution in [3.8, 4) is 11.3 Å². The normalized spacial score (nSPS) is 14.8. The molecule has 0 bridgehead atoms. The van der Waals surface area contributed by atoms with Gasteiger partial charge in [0.1, 0.15) is 15.0 Å². The Morgan fingerprint density at radius 3 is 2.39 bits per heavy atom. The summed E-state index contributed by atoms with van der Waals surface area (Å²) < 4.78 is 0.723. The van der Waals surface area contributed by atoms with Crippen LogP contribution in [-0.4, -0.2) is 44.9 Å². The summed E-state index contributed by atoms with van der Waals surface area (Å²) in [7, 11) is 0. The van der Waals surface area contributed by atoms with E-state index in [1.165, 1.54) is 28.0 Å². The van der Waals surface area contributed by atoms with Crippen LogP contribution in [0.1, 0.15) is 83.7 Å². The van der Waals surface area contributed by atoms with Gasteiger partial charge >= 0.3 is 5.97 Å². The summed E-state index contributed by atoms with van der Waals surface area (Å²) in [4.78, 5) is 36.1. The number of aromatic nitrogens is 2. The van der Waals surface area contributed by atoms with Crippen LogP contribution >= 0.6 is 34.3 Å². The molecule has 0 saturated carbocycles. The van der Waals surface area contributed by atoms with Crippen molar-refractivity contribution in [1.29, 1.82) is 0 Å². The van der Waals surface area contributed by atoms with Crippen LogP contribution in [-0.2, 0) is 34.3 Å². The van der Waals surface area contributed by atoms with Gasteiger partial charge in [0.05, 0.1) is 23.5 Å². The quantitative estimate of drug-likeness (QED) is 0.330. The molecule has 2 aromatic heterocycles. The molecule has 6 nitrogen and oxygen atoms in total. The molecule has 3 heterocycles. The molecule has 38 heavy (non-hydrogen) atoms. The molecule has 1 aliphatic heterocycles. The van der Waals surface area contributed by atoms with E-state index in [0.717, 1.165) is 44.7 Å². The SMILES string of the molecule is CCc1cc(-c2nc(C3CCN(C(=O)Cc4nc(CC(=O)O)c(C)s4)CC3)sc2Cl)cc(C(C)(C)C)c1C. The lowest BCUT2D eigenvalue weighted by Crippen LogP contribution is -2.38. The van der Waals surface area contributed by atoms with Gasteiger partial charge in [-0.2, -0.15) is 0 Å². The Bertz CT molecular complexity index is 1350. The number of aliphatic carboxylic acids is 1. The van der Waals surface area contributed by atoms with Crippen molar-refractivity contribution in [2.45, 2.75) is 85.0 Å². The third-order valence-electron chi connectivity index (χ3n) is 7.33. The lowest BCUT2D eigenvalue weighted by atomic mass is 9.81. The number of benzene rings is 1. The minimum absolute atomic E-state index is 0.0316. The standard InChI is InChI=1S/C29H36ClN3O3S2/c1-7-18-12-20(13-21(16(18)2)29(4,5)6)26-27(30)38-28(32-26)19-8-10-33(11-9-19)24(34)15-23-31-22(14-25(35)36)17(3)37-23/h12-13,19H,7-11,14-15H2,1-6H3,(H,35,36). The molecule has 1 saturated heterocycles. The predicted octanol–water partition coefficient (Wildman–Crippen LogP) is 6.97. The van der Waals surface area contributed by atoms with Crippen LogP contribution in [0.3, 0.4) is 0 Å². The number of carbonyl (C=O) groups is 2. The van der Waals surface area contributed by atoms with Crippen LogP contribution < -0.4 is 0 Å². The number of rotatable bonds is 7. The number of nitrogens with zero attached hydrogens (tertiary/aromatic N) is 3. The van der Waals surface area contributed by atoms with Gasteiger partial charge in [-0.25, -0.2) is 9.97 Å². The lowest BCUT2D eigenvalue weighted by Gasteiger charge is -2.31. The van der Waals surface area contributed by atoms with Crippen LogP contribution in [0.5, 0.6) is 0 Å². The van der Waals surface area contributed by atoms with E-state index in [2.05, 4.69) is 51.7 Å². The third kappa shape index (κ3) is 6.29. The molecule has 204 valence electrons. The first-order valence-electron chi connectivity index (χ1n) is 13.1. The van der Waals surface area contributed by atoms with Gasteiger partial charge in [-0.15, -0.1) is 22.7 Å². The molecule has 0 aliphatic carbocycles. The monoisotopic (exact) mass is 573 g/mol. The van der Waals surface area contributed by atoms with Crippen molar-refractivity contribution in [2.75, 3.05) is 13.1 Å². The van der Waals surface area contributed by atoms with Gasteiger partial charge in [0.2, 0.25) is 5.91 Å². The molecule has 9 heteroatoms. The highest BCUT2D eigenvalue weighted by atomic mass is 35.5. The number of likely N-dealkylation sites (tertiary alicyclic amines) is 1. The summed E-state index contributed by atoms with van der Waals surface area (Å²) in [5, 5.41) is 10.8. The molecular weight excluding hydrogens is 538 g/mol. The largest absolute Gasteiger partial charge is 0.481 e. The molecular formula is C29H36ClN3O3S2. The number of carboxylic acid groups (broad SMARTS) is 1. The Morgan fingerprint density at radius 2 is 1.79 bits per heavy atom. The Hall–Kier alpha value is -2.29. The summed E-state index contributed by atoms with van der Waals surface area (Å²) in [6, 6.07) is 4.49. The molecule has 1 aliphatic rings. The zero-order chi connectivity index (χ0) is 27.8. The Labute approximate surface area is 238 Å². The second kappa shape index (κ2) is 11.4. The summed E-state index contributed by atoms with van der Waals surface area (Å²) in [6.45, 7) is 14.3.